The number of halogens is 2. The highest BCUT2D eigenvalue weighted by Crippen LogP contribution is 2.34. The molecule has 1 saturated carbocycles. The van der Waals surface area contributed by atoms with E-state index in [2.05, 4.69) is 21.2 Å². The number of hydrogen-bond acceptors (Lipinski definition) is 2. The van der Waals surface area contributed by atoms with Gasteiger partial charge in [-0.05, 0) is 42.8 Å². The lowest BCUT2D eigenvalue weighted by Gasteiger charge is -2.41. The number of hydrogen-bond donors (Lipinski definition) is 1. The Kier molecular flexibility index (Phi) is 3.35. The van der Waals surface area contributed by atoms with Crippen molar-refractivity contribution in [2.24, 2.45) is 0 Å². The molecule has 0 unspecified atom stereocenters. The van der Waals surface area contributed by atoms with Gasteiger partial charge in [0.1, 0.15) is 5.82 Å². The predicted molar refractivity (Wildman–Crippen MR) is 79.6 cm³/mol. The van der Waals surface area contributed by atoms with E-state index in [4.69, 9.17) is 0 Å². The fourth-order valence-electron chi connectivity index (χ4n) is 2.31. The van der Waals surface area contributed by atoms with Crippen LogP contribution in [0.15, 0.2) is 24.3 Å². The molecular formula is C14H13BrFNOS. The summed E-state index contributed by atoms with van der Waals surface area (Å²) < 4.78 is 13.9. The van der Waals surface area contributed by atoms with Crippen molar-refractivity contribution >= 4 is 43.3 Å². The van der Waals surface area contributed by atoms with Crippen LogP contribution in [-0.4, -0.2) is 16.8 Å². The maximum atomic E-state index is 13.1. The molecular weight excluding hydrogens is 329 g/mol. The molecule has 1 aliphatic rings. The van der Waals surface area contributed by atoms with Crippen molar-refractivity contribution < 1.29 is 9.18 Å². The first-order valence-electron chi connectivity index (χ1n) is 6.19. The van der Waals surface area contributed by atoms with Crippen LogP contribution >= 0.6 is 27.3 Å². The number of nitrogens with one attached hydrogen (secondary N) is 1. The van der Waals surface area contributed by atoms with Crippen molar-refractivity contribution in [1.82, 2.24) is 5.32 Å². The van der Waals surface area contributed by atoms with E-state index < -0.39 is 0 Å². The Hall–Kier alpha value is -0.940. The van der Waals surface area contributed by atoms with E-state index in [1.807, 2.05) is 6.07 Å². The van der Waals surface area contributed by atoms with Gasteiger partial charge in [-0.2, -0.15) is 0 Å². The van der Waals surface area contributed by atoms with E-state index in [-0.39, 0.29) is 17.3 Å². The number of amides is 1. The van der Waals surface area contributed by atoms with Gasteiger partial charge in [0.2, 0.25) is 0 Å². The van der Waals surface area contributed by atoms with Crippen molar-refractivity contribution in [2.45, 2.75) is 24.8 Å². The summed E-state index contributed by atoms with van der Waals surface area (Å²) in [6.45, 7) is 0. The van der Waals surface area contributed by atoms with Gasteiger partial charge in [0.15, 0.2) is 0 Å². The van der Waals surface area contributed by atoms with E-state index in [0.717, 1.165) is 34.7 Å². The Labute approximate surface area is 123 Å². The van der Waals surface area contributed by atoms with Gasteiger partial charge in [-0.25, -0.2) is 4.39 Å². The van der Waals surface area contributed by atoms with E-state index in [1.54, 1.807) is 6.07 Å². The number of alkyl halides is 1. The van der Waals surface area contributed by atoms with Crippen LogP contribution in [0.5, 0.6) is 0 Å². The van der Waals surface area contributed by atoms with E-state index >= 15 is 0 Å². The standard InChI is InChI=1S/C14H13BrFNOS/c15-8-14(4-1-5-14)17-13(18)12-6-9-2-3-10(16)7-11(9)19-12/h2-3,6-7H,1,4-5,8H2,(H,17,18). The van der Waals surface area contributed by atoms with Crippen LogP contribution in [0.3, 0.4) is 0 Å². The molecule has 3 rings (SSSR count). The molecule has 2 nitrogen and oxygen atoms in total. The minimum atomic E-state index is -0.266. The first kappa shape index (κ1) is 13.1. The summed E-state index contributed by atoms with van der Waals surface area (Å²) in [6, 6.07) is 6.43. The molecule has 0 radical (unpaired) electrons. The summed E-state index contributed by atoms with van der Waals surface area (Å²) in [5, 5.41) is 4.80. The molecule has 19 heavy (non-hydrogen) atoms. The molecule has 2 aromatic rings. The monoisotopic (exact) mass is 341 g/mol. The lowest BCUT2D eigenvalue weighted by molar-refractivity contribution is 0.0861. The third-order valence-electron chi connectivity index (χ3n) is 3.65. The first-order valence-corrected chi connectivity index (χ1v) is 8.13. The van der Waals surface area contributed by atoms with E-state index in [9.17, 15) is 9.18 Å². The highest BCUT2D eigenvalue weighted by atomic mass is 79.9. The first-order chi connectivity index (χ1) is 9.12. The zero-order valence-electron chi connectivity index (χ0n) is 10.2. The smallest absolute Gasteiger partial charge is 0.261 e. The van der Waals surface area contributed by atoms with Crippen LogP contribution in [0.1, 0.15) is 28.9 Å². The highest BCUT2D eigenvalue weighted by molar-refractivity contribution is 9.09. The van der Waals surface area contributed by atoms with Gasteiger partial charge in [-0.15, -0.1) is 11.3 Å². The number of carbonyl (C=O) groups excluding carboxylic acids is 1. The SMILES string of the molecule is O=C(NC1(CBr)CCC1)c1cc2ccc(F)cc2s1. The molecule has 1 heterocycles. The second kappa shape index (κ2) is 4.87. The molecule has 0 spiro atoms. The molecule has 1 aromatic heterocycles. The second-order valence-electron chi connectivity index (χ2n) is 5.01. The van der Waals surface area contributed by atoms with Crippen LogP contribution in [0, 0.1) is 5.82 Å². The average Bonchev–Trinajstić information content (AvgIpc) is 2.76. The van der Waals surface area contributed by atoms with Gasteiger partial charge in [0.05, 0.1) is 10.4 Å². The van der Waals surface area contributed by atoms with Crippen molar-refractivity contribution in [2.75, 3.05) is 5.33 Å². The van der Waals surface area contributed by atoms with Gasteiger partial charge in [0.25, 0.3) is 5.91 Å². The Morgan fingerprint density at radius 2 is 2.21 bits per heavy atom. The summed E-state index contributed by atoms with van der Waals surface area (Å²) in [4.78, 5) is 12.9. The van der Waals surface area contributed by atoms with Crippen molar-refractivity contribution in [1.29, 1.82) is 0 Å². The number of fused-ring (bicyclic) bond motifs is 1. The fourth-order valence-corrected chi connectivity index (χ4v) is 4.00. The van der Waals surface area contributed by atoms with Gasteiger partial charge < -0.3 is 5.32 Å². The van der Waals surface area contributed by atoms with E-state index in [0.29, 0.717) is 4.88 Å². The third kappa shape index (κ3) is 2.41. The summed E-state index contributed by atoms with van der Waals surface area (Å²) in [6.07, 6.45) is 3.19. The lowest BCUT2D eigenvalue weighted by Crippen LogP contribution is -2.54. The molecule has 1 fully saturated rings. The average molecular weight is 342 g/mol. The molecule has 100 valence electrons. The van der Waals surface area contributed by atoms with Crippen molar-refractivity contribution in [3.63, 3.8) is 0 Å². The maximum absolute atomic E-state index is 13.1. The highest BCUT2D eigenvalue weighted by Gasteiger charge is 2.37. The number of carbonyl (C=O) groups is 1. The van der Waals surface area contributed by atoms with E-state index in [1.165, 1.54) is 23.5 Å². The Bertz CT molecular complexity index is 630. The Morgan fingerprint density at radius 1 is 1.42 bits per heavy atom. The summed E-state index contributed by atoms with van der Waals surface area (Å²) in [7, 11) is 0. The molecule has 0 atom stereocenters. The minimum absolute atomic E-state index is 0.0549. The normalized spacial score (nSPS) is 17.2. The molecule has 1 N–H and O–H groups in total. The number of rotatable bonds is 3. The van der Waals surface area contributed by atoms with Crippen LogP contribution in [0.25, 0.3) is 10.1 Å². The number of thiophene rings is 1. The van der Waals surface area contributed by atoms with Gasteiger partial charge in [-0.1, -0.05) is 22.0 Å². The van der Waals surface area contributed by atoms with Crippen LogP contribution in [0.2, 0.25) is 0 Å². The maximum Gasteiger partial charge on any atom is 0.261 e. The quantitative estimate of drug-likeness (QED) is 0.837. The van der Waals surface area contributed by atoms with Crippen LogP contribution < -0.4 is 5.32 Å². The molecule has 0 saturated heterocycles. The minimum Gasteiger partial charge on any atom is -0.345 e. The van der Waals surface area contributed by atoms with Gasteiger partial charge >= 0.3 is 0 Å². The largest absolute Gasteiger partial charge is 0.345 e. The molecule has 1 aliphatic carbocycles. The van der Waals surface area contributed by atoms with Gasteiger partial charge in [-0.3, -0.25) is 4.79 Å². The molecule has 1 aromatic carbocycles. The molecule has 1 amide bonds. The zero-order valence-corrected chi connectivity index (χ0v) is 12.6. The fraction of sp³-hybridized carbons (Fsp3) is 0.357. The lowest BCUT2D eigenvalue weighted by atomic mass is 9.78. The Morgan fingerprint density at radius 3 is 2.84 bits per heavy atom. The third-order valence-corrected chi connectivity index (χ3v) is 5.82. The zero-order chi connectivity index (χ0) is 13.5. The van der Waals surface area contributed by atoms with Gasteiger partial charge in [0, 0.05) is 10.0 Å². The summed E-state index contributed by atoms with van der Waals surface area (Å²) >= 11 is 4.81. The summed E-state index contributed by atoms with van der Waals surface area (Å²) in [5.41, 5.74) is -0.0848. The molecule has 5 heteroatoms. The van der Waals surface area contributed by atoms with Crippen LogP contribution in [-0.2, 0) is 0 Å². The second-order valence-corrected chi connectivity index (χ2v) is 6.66. The molecule has 0 bridgehead atoms. The Balaban J connectivity index is 1.85. The number of benzene rings is 1. The molecule has 0 aliphatic heterocycles. The summed E-state index contributed by atoms with van der Waals surface area (Å²) in [5.74, 6) is -0.321. The van der Waals surface area contributed by atoms with Crippen molar-refractivity contribution in [3.8, 4) is 0 Å². The van der Waals surface area contributed by atoms with Crippen LogP contribution in [0.4, 0.5) is 4.39 Å². The topological polar surface area (TPSA) is 29.1 Å². The van der Waals surface area contributed by atoms with Crippen molar-refractivity contribution in [3.05, 3.63) is 35.0 Å². The predicted octanol–water partition coefficient (Wildman–Crippen LogP) is 4.09.